The standard InChI is InChI=1S/C12H17BrN4/c13-11-7-12(15-9-14-11)17-6-2-5-16-4-1-3-10(16)8-17/h7,9-10H,1-6,8H2. The topological polar surface area (TPSA) is 32.3 Å². The monoisotopic (exact) mass is 296 g/mol. The van der Waals surface area contributed by atoms with Crippen LogP contribution in [0.5, 0.6) is 0 Å². The smallest absolute Gasteiger partial charge is 0.133 e. The fraction of sp³-hybridized carbons (Fsp3) is 0.667. The fourth-order valence-electron chi connectivity index (χ4n) is 2.91. The van der Waals surface area contributed by atoms with Gasteiger partial charge in [0, 0.05) is 31.7 Å². The van der Waals surface area contributed by atoms with Crippen LogP contribution in [0.15, 0.2) is 17.0 Å². The van der Waals surface area contributed by atoms with Crippen molar-refractivity contribution in [2.45, 2.75) is 25.3 Å². The van der Waals surface area contributed by atoms with Crippen LogP contribution in [0.2, 0.25) is 0 Å². The van der Waals surface area contributed by atoms with Crippen LogP contribution < -0.4 is 4.90 Å². The number of aromatic nitrogens is 2. The summed E-state index contributed by atoms with van der Waals surface area (Å²) < 4.78 is 0.870. The average molecular weight is 297 g/mol. The maximum absolute atomic E-state index is 4.39. The number of fused-ring (bicyclic) bond motifs is 1. The van der Waals surface area contributed by atoms with Gasteiger partial charge in [-0.3, -0.25) is 4.90 Å². The van der Waals surface area contributed by atoms with Crippen LogP contribution in [-0.2, 0) is 0 Å². The highest BCUT2D eigenvalue weighted by atomic mass is 79.9. The zero-order chi connectivity index (χ0) is 11.7. The molecule has 1 aromatic heterocycles. The van der Waals surface area contributed by atoms with Crippen LogP contribution >= 0.6 is 15.9 Å². The molecule has 2 saturated heterocycles. The Bertz CT molecular complexity index is 398. The molecule has 2 fully saturated rings. The van der Waals surface area contributed by atoms with Crippen molar-refractivity contribution >= 4 is 21.7 Å². The second-order valence-corrected chi connectivity index (χ2v) is 5.64. The van der Waals surface area contributed by atoms with E-state index in [1.165, 1.54) is 32.4 Å². The third-order valence-corrected chi connectivity index (χ3v) is 4.18. The van der Waals surface area contributed by atoms with Gasteiger partial charge in [-0.05, 0) is 41.7 Å². The highest BCUT2D eigenvalue weighted by molar-refractivity contribution is 9.10. The molecule has 4 nitrogen and oxygen atoms in total. The van der Waals surface area contributed by atoms with Crippen LogP contribution in [0.1, 0.15) is 19.3 Å². The van der Waals surface area contributed by atoms with E-state index in [4.69, 9.17) is 0 Å². The minimum absolute atomic E-state index is 0.728. The first-order valence-electron chi connectivity index (χ1n) is 6.29. The Labute approximate surface area is 110 Å². The molecule has 0 N–H and O–H groups in total. The SMILES string of the molecule is Brc1cc(N2CCCN3CCCC3C2)ncn1. The number of hydrogen-bond acceptors (Lipinski definition) is 4. The quantitative estimate of drug-likeness (QED) is 0.741. The molecular formula is C12H17BrN4. The molecule has 0 aliphatic carbocycles. The molecule has 3 rings (SSSR count). The zero-order valence-electron chi connectivity index (χ0n) is 9.85. The molecule has 0 saturated carbocycles. The van der Waals surface area contributed by atoms with Crippen molar-refractivity contribution in [2.24, 2.45) is 0 Å². The molecule has 2 aliphatic heterocycles. The van der Waals surface area contributed by atoms with Crippen LogP contribution in [0.3, 0.4) is 0 Å². The van der Waals surface area contributed by atoms with Crippen LogP contribution in [-0.4, -0.2) is 47.1 Å². The third kappa shape index (κ3) is 2.45. The number of nitrogens with zero attached hydrogens (tertiary/aromatic N) is 4. The van der Waals surface area contributed by atoms with Gasteiger partial charge in [0.15, 0.2) is 0 Å². The van der Waals surface area contributed by atoms with Gasteiger partial charge in [-0.25, -0.2) is 9.97 Å². The normalized spacial score (nSPS) is 25.7. The third-order valence-electron chi connectivity index (χ3n) is 3.75. The van der Waals surface area contributed by atoms with E-state index < -0.39 is 0 Å². The Morgan fingerprint density at radius 2 is 2.06 bits per heavy atom. The van der Waals surface area contributed by atoms with E-state index >= 15 is 0 Å². The number of rotatable bonds is 1. The molecule has 2 aliphatic rings. The summed E-state index contributed by atoms with van der Waals surface area (Å²) in [6, 6.07) is 2.75. The van der Waals surface area contributed by atoms with E-state index in [2.05, 4.69) is 35.7 Å². The Morgan fingerprint density at radius 1 is 1.18 bits per heavy atom. The second kappa shape index (κ2) is 4.90. The van der Waals surface area contributed by atoms with Gasteiger partial charge >= 0.3 is 0 Å². The minimum Gasteiger partial charge on any atom is -0.355 e. The lowest BCUT2D eigenvalue weighted by Crippen LogP contribution is -2.36. The van der Waals surface area contributed by atoms with Gasteiger partial charge in [-0.15, -0.1) is 0 Å². The molecule has 1 aromatic rings. The van der Waals surface area contributed by atoms with Gasteiger partial charge in [0.25, 0.3) is 0 Å². The van der Waals surface area contributed by atoms with E-state index in [-0.39, 0.29) is 0 Å². The minimum atomic E-state index is 0.728. The van der Waals surface area contributed by atoms with Crippen LogP contribution in [0, 0.1) is 0 Å². The molecule has 1 atom stereocenters. The predicted octanol–water partition coefficient (Wildman–Crippen LogP) is 1.91. The molecular weight excluding hydrogens is 280 g/mol. The Morgan fingerprint density at radius 3 is 2.94 bits per heavy atom. The number of hydrogen-bond donors (Lipinski definition) is 0. The van der Waals surface area contributed by atoms with E-state index in [0.717, 1.165) is 29.6 Å². The van der Waals surface area contributed by atoms with Gasteiger partial charge in [-0.1, -0.05) is 0 Å². The largest absolute Gasteiger partial charge is 0.355 e. The lowest BCUT2D eigenvalue weighted by atomic mass is 10.2. The molecule has 0 bridgehead atoms. The van der Waals surface area contributed by atoms with E-state index in [0.29, 0.717) is 0 Å². The maximum Gasteiger partial charge on any atom is 0.133 e. The summed E-state index contributed by atoms with van der Waals surface area (Å²) in [6.07, 6.45) is 5.56. The average Bonchev–Trinajstić information content (AvgIpc) is 2.66. The predicted molar refractivity (Wildman–Crippen MR) is 71.2 cm³/mol. The lowest BCUT2D eigenvalue weighted by molar-refractivity contribution is 0.273. The van der Waals surface area contributed by atoms with Crippen molar-refractivity contribution in [1.82, 2.24) is 14.9 Å². The maximum atomic E-state index is 4.39. The van der Waals surface area contributed by atoms with Crippen molar-refractivity contribution in [3.05, 3.63) is 17.0 Å². The van der Waals surface area contributed by atoms with Gasteiger partial charge in [-0.2, -0.15) is 0 Å². The molecule has 3 heterocycles. The van der Waals surface area contributed by atoms with E-state index in [9.17, 15) is 0 Å². The molecule has 0 aromatic carbocycles. The summed E-state index contributed by atoms with van der Waals surface area (Å²) >= 11 is 3.42. The highest BCUT2D eigenvalue weighted by Gasteiger charge is 2.29. The first-order chi connectivity index (χ1) is 8.33. The van der Waals surface area contributed by atoms with Crippen LogP contribution in [0.25, 0.3) is 0 Å². The van der Waals surface area contributed by atoms with Crippen LogP contribution in [0.4, 0.5) is 5.82 Å². The van der Waals surface area contributed by atoms with Crippen molar-refractivity contribution in [2.75, 3.05) is 31.1 Å². The number of anilines is 1. The molecule has 0 radical (unpaired) electrons. The molecule has 5 heteroatoms. The van der Waals surface area contributed by atoms with Gasteiger partial charge in [0.1, 0.15) is 16.7 Å². The molecule has 92 valence electrons. The van der Waals surface area contributed by atoms with Crippen molar-refractivity contribution in [1.29, 1.82) is 0 Å². The zero-order valence-corrected chi connectivity index (χ0v) is 11.4. The first-order valence-corrected chi connectivity index (χ1v) is 7.09. The molecule has 17 heavy (non-hydrogen) atoms. The summed E-state index contributed by atoms with van der Waals surface area (Å²) in [6.45, 7) is 4.75. The molecule has 0 amide bonds. The lowest BCUT2D eigenvalue weighted by Gasteiger charge is -2.26. The summed E-state index contributed by atoms with van der Waals surface area (Å²) in [5.41, 5.74) is 0. The number of halogens is 1. The molecule has 1 unspecified atom stereocenters. The Kier molecular flexibility index (Phi) is 3.29. The summed E-state index contributed by atoms with van der Waals surface area (Å²) in [4.78, 5) is 13.5. The Balaban J connectivity index is 1.78. The first kappa shape index (κ1) is 11.4. The second-order valence-electron chi connectivity index (χ2n) is 4.83. The fourth-order valence-corrected chi connectivity index (χ4v) is 3.21. The van der Waals surface area contributed by atoms with E-state index in [1.807, 2.05) is 6.07 Å². The summed E-state index contributed by atoms with van der Waals surface area (Å²) in [5, 5.41) is 0. The van der Waals surface area contributed by atoms with Crippen molar-refractivity contribution < 1.29 is 0 Å². The molecule has 0 spiro atoms. The van der Waals surface area contributed by atoms with E-state index in [1.54, 1.807) is 6.33 Å². The Hall–Kier alpha value is -0.680. The summed E-state index contributed by atoms with van der Waals surface area (Å²) in [7, 11) is 0. The highest BCUT2D eigenvalue weighted by Crippen LogP contribution is 2.24. The summed E-state index contributed by atoms with van der Waals surface area (Å²) in [5.74, 6) is 1.06. The van der Waals surface area contributed by atoms with Crippen molar-refractivity contribution in [3.63, 3.8) is 0 Å². The van der Waals surface area contributed by atoms with Gasteiger partial charge in [0.2, 0.25) is 0 Å². The van der Waals surface area contributed by atoms with Gasteiger partial charge in [0.05, 0.1) is 0 Å². The van der Waals surface area contributed by atoms with Crippen molar-refractivity contribution in [3.8, 4) is 0 Å². The van der Waals surface area contributed by atoms with Gasteiger partial charge < -0.3 is 4.90 Å².